The molecular formula is C10H9IOS. The minimum absolute atomic E-state index is 1.02. The Morgan fingerprint density at radius 3 is 2.85 bits per heavy atom. The summed E-state index contributed by atoms with van der Waals surface area (Å²) in [7, 11) is 1.73. The van der Waals surface area contributed by atoms with Gasteiger partial charge in [-0.25, -0.2) is 0 Å². The smallest absolute Gasteiger partial charge is 0.131 e. The van der Waals surface area contributed by atoms with Gasteiger partial charge in [-0.15, -0.1) is 11.3 Å². The SMILES string of the molecule is COc1c(C)ccc2scc(I)c12. The molecule has 2 aromatic rings. The minimum Gasteiger partial charge on any atom is -0.496 e. The van der Waals surface area contributed by atoms with Crippen LogP contribution in [0.3, 0.4) is 0 Å². The van der Waals surface area contributed by atoms with Gasteiger partial charge in [0.1, 0.15) is 5.75 Å². The third-order valence-corrected chi connectivity index (χ3v) is 4.27. The van der Waals surface area contributed by atoms with E-state index in [4.69, 9.17) is 4.74 Å². The molecule has 0 saturated heterocycles. The molecular weight excluding hydrogens is 295 g/mol. The van der Waals surface area contributed by atoms with Crippen molar-refractivity contribution in [1.82, 2.24) is 0 Å². The summed E-state index contributed by atoms with van der Waals surface area (Å²) < 4.78 is 7.97. The lowest BCUT2D eigenvalue weighted by Gasteiger charge is -2.05. The standard InChI is InChI=1S/C10H9IOS/c1-6-3-4-8-9(10(6)12-2)7(11)5-13-8/h3-5H,1-2H3. The number of rotatable bonds is 1. The second kappa shape index (κ2) is 3.46. The van der Waals surface area contributed by atoms with Crippen LogP contribution in [0.1, 0.15) is 5.56 Å². The van der Waals surface area contributed by atoms with Crippen molar-refractivity contribution in [3.05, 3.63) is 26.6 Å². The zero-order valence-electron chi connectivity index (χ0n) is 7.43. The number of aryl methyl sites for hydroxylation is 1. The van der Waals surface area contributed by atoms with Gasteiger partial charge in [0.05, 0.1) is 7.11 Å². The number of halogens is 1. The molecule has 0 atom stereocenters. The molecule has 2 rings (SSSR count). The molecule has 0 unspecified atom stereocenters. The van der Waals surface area contributed by atoms with Gasteiger partial charge in [-0.1, -0.05) is 6.07 Å². The molecule has 0 radical (unpaired) electrons. The predicted molar refractivity (Wildman–Crippen MR) is 65.8 cm³/mol. The third kappa shape index (κ3) is 1.44. The molecule has 0 amide bonds. The highest BCUT2D eigenvalue weighted by atomic mass is 127. The fraction of sp³-hybridized carbons (Fsp3) is 0.200. The molecule has 0 N–H and O–H groups in total. The van der Waals surface area contributed by atoms with Crippen LogP contribution in [0.4, 0.5) is 0 Å². The van der Waals surface area contributed by atoms with Crippen LogP contribution in [-0.4, -0.2) is 7.11 Å². The Kier molecular flexibility index (Phi) is 2.47. The zero-order chi connectivity index (χ0) is 9.42. The van der Waals surface area contributed by atoms with E-state index in [1.807, 2.05) is 0 Å². The first-order valence-corrected chi connectivity index (χ1v) is 5.90. The maximum absolute atomic E-state index is 5.40. The molecule has 1 nitrogen and oxygen atoms in total. The molecule has 1 heterocycles. The Bertz CT molecular complexity index is 447. The lowest BCUT2D eigenvalue weighted by Crippen LogP contribution is -1.87. The highest BCUT2D eigenvalue weighted by Crippen LogP contribution is 2.36. The van der Waals surface area contributed by atoms with Crippen molar-refractivity contribution in [2.45, 2.75) is 6.92 Å². The first-order valence-electron chi connectivity index (χ1n) is 3.94. The van der Waals surface area contributed by atoms with Gasteiger partial charge in [-0.05, 0) is 41.1 Å². The Balaban J connectivity index is 2.88. The Morgan fingerprint density at radius 2 is 2.15 bits per heavy atom. The number of thiophene rings is 1. The molecule has 13 heavy (non-hydrogen) atoms. The molecule has 1 aromatic carbocycles. The molecule has 0 aliphatic carbocycles. The number of ether oxygens (including phenoxy) is 1. The maximum Gasteiger partial charge on any atom is 0.131 e. The molecule has 1 aromatic heterocycles. The summed E-state index contributed by atoms with van der Waals surface area (Å²) in [5, 5.41) is 3.42. The average molecular weight is 304 g/mol. The van der Waals surface area contributed by atoms with Crippen LogP contribution in [0.25, 0.3) is 10.1 Å². The topological polar surface area (TPSA) is 9.23 Å². The molecule has 0 fully saturated rings. The van der Waals surface area contributed by atoms with Gasteiger partial charge in [0.2, 0.25) is 0 Å². The second-order valence-electron chi connectivity index (χ2n) is 2.87. The fourth-order valence-corrected chi connectivity index (χ4v) is 3.35. The average Bonchev–Trinajstić information content (AvgIpc) is 2.49. The van der Waals surface area contributed by atoms with Crippen LogP contribution in [0.2, 0.25) is 0 Å². The lowest BCUT2D eigenvalue weighted by atomic mass is 10.1. The quantitative estimate of drug-likeness (QED) is 0.728. The highest BCUT2D eigenvalue weighted by Gasteiger charge is 2.09. The first kappa shape index (κ1) is 9.27. The van der Waals surface area contributed by atoms with Gasteiger partial charge >= 0.3 is 0 Å². The zero-order valence-corrected chi connectivity index (χ0v) is 10.4. The summed E-state index contributed by atoms with van der Waals surface area (Å²) in [6.07, 6.45) is 0. The van der Waals surface area contributed by atoms with Crippen molar-refractivity contribution in [2.75, 3.05) is 7.11 Å². The summed E-state index contributed by atoms with van der Waals surface area (Å²) >= 11 is 4.11. The largest absolute Gasteiger partial charge is 0.496 e. The number of fused-ring (bicyclic) bond motifs is 1. The van der Waals surface area contributed by atoms with Gasteiger partial charge in [0.25, 0.3) is 0 Å². The normalized spacial score (nSPS) is 10.7. The Hall–Kier alpha value is -0.290. The fourth-order valence-electron chi connectivity index (χ4n) is 1.43. The van der Waals surface area contributed by atoms with E-state index in [1.165, 1.54) is 19.2 Å². The van der Waals surface area contributed by atoms with Crippen molar-refractivity contribution < 1.29 is 4.74 Å². The van der Waals surface area contributed by atoms with Crippen molar-refractivity contribution in [1.29, 1.82) is 0 Å². The van der Waals surface area contributed by atoms with E-state index in [2.05, 4.69) is 47.0 Å². The number of benzene rings is 1. The monoisotopic (exact) mass is 304 g/mol. The van der Waals surface area contributed by atoms with E-state index in [-0.39, 0.29) is 0 Å². The molecule has 0 spiro atoms. The minimum atomic E-state index is 1.02. The van der Waals surface area contributed by atoms with E-state index in [1.54, 1.807) is 18.4 Å². The second-order valence-corrected chi connectivity index (χ2v) is 4.95. The van der Waals surface area contributed by atoms with Gasteiger partial charge in [0, 0.05) is 19.0 Å². The highest BCUT2D eigenvalue weighted by molar-refractivity contribution is 14.1. The molecule has 0 aliphatic heterocycles. The van der Waals surface area contributed by atoms with Crippen molar-refractivity contribution >= 4 is 44.0 Å². The summed E-state index contributed by atoms with van der Waals surface area (Å²) in [6, 6.07) is 4.26. The van der Waals surface area contributed by atoms with Crippen molar-refractivity contribution in [3.8, 4) is 5.75 Å². The summed E-state index contributed by atoms with van der Waals surface area (Å²) in [5.41, 5.74) is 1.20. The number of methoxy groups -OCH3 is 1. The molecule has 0 bridgehead atoms. The van der Waals surface area contributed by atoms with Crippen LogP contribution in [0, 0.1) is 10.5 Å². The summed E-state index contributed by atoms with van der Waals surface area (Å²) in [6.45, 7) is 2.08. The van der Waals surface area contributed by atoms with Gasteiger partial charge in [0.15, 0.2) is 0 Å². The van der Waals surface area contributed by atoms with Crippen molar-refractivity contribution in [3.63, 3.8) is 0 Å². The number of hydrogen-bond acceptors (Lipinski definition) is 2. The van der Waals surface area contributed by atoms with E-state index >= 15 is 0 Å². The van der Waals surface area contributed by atoms with E-state index < -0.39 is 0 Å². The van der Waals surface area contributed by atoms with E-state index in [0.717, 1.165) is 5.75 Å². The number of hydrogen-bond donors (Lipinski definition) is 0. The van der Waals surface area contributed by atoms with Crippen LogP contribution in [-0.2, 0) is 0 Å². The Labute approximate surface area is 94.9 Å². The first-order chi connectivity index (χ1) is 6.24. The lowest BCUT2D eigenvalue weighted by molar-refractivity contribution is 0.417. The predicted octanol–water partition coefficient (Wildman–Crippen LogP) is 3.82. The Morgan fingerprint density at radius 1 is 1.38 bits per heavy atom. The maximum atomic E-state index is 5.40. The van der Waals surface area contributed by atoms with E-state index in [0.29, 0.717) is 0 Å². The van der Waals surface area contributed by atoms with Gasteiger partial charge in [-0.3, -0.25) is 0 Å². The molecule has 0 aliphatic rings. The van der Waals surface area contributed by atoms with Gasteiger partial charge < -0.3 is 4.74 Å². The third-order valence-electron chi connectivity index (χ3n) is 2.05. The van der Waals surface area contributed by atoms with Gasteiger partial charge in [-0.2, -0.15) is 0 Å². The van der Waals surface area contributed by atoms with Crippen LogP contribution in [0.5, 0.6) is 5.75 Å². The van der Waals surface area contributed by atoms with Crippen LogP contribution in [0.15, 0.2) is 17.5 Å². The molecule has 68 valence electrons. The van der Waals surface area contributed by atoms with Crippen molar-refractivity contribution in [2.24, 2.45) is 0 Å². The molecule has 0 saturated carbocycles. The summed E-state index contributed by atoms with van der Waals surface area (Å²) in [5.74, 6) is 1.02. The summed E-state index contributed by atoms with van der Waals surface area (Å²) in [4.78, 5) is 0. The van der Waals surface area contributed by atoms with Crippen LogP contribution < -0.4 is 4.74 Å². The molecule has 3 heteroatoms. The van der Waals surface area contributed by atoms with E-state index in [9.17, 15) is 0 Å². The van der Waals surface area contributed by atoms with Crippen LogP contribution >= 0.6 is 33.9 Å².